The smallest absolute Gasteiger partial charge is 0.151 e. The summed E-state index contributed by atoms with van der Waals surface area (Å²) in [5, 5.41) is 8.81. The van der Waals surface area contributed by atoms with Crippen LogP contribution in [0.5, 0.6) is 0 Å². The molecule has 0 aromatic carbocycles. The van der Waals surface area contributed by atoms with Gasteiger partial charge in [0.25, 0.3) is 0 Å². The largest absolute Gasteiger partial charge is 0.388 e. The van der Waals surface area contributed by atoms with E-state index in [4.69, 9.17) is 10.8 Å². The number of hydrogen-bond acceptors (Lipinski definition) is 3. The zero-order chi connectivity index (χ0) is 10.4. The van der Waals surface area contributed by atoms with Crippen molar-refractivity contribution in [2.75, 3.05) is 13.7 Å². The molecule has 0 bridgehead atoms. The maximum atomic E-state index is 8.81. The van der Waals surface area contributed by atoms with E-state index in [9.17, 15) is 0 Å². The first-order chi connectivity index (χ1) is 6.77. The minimum absolute atomic E-state index is 0.232. The summed E-state index contributed by atoms with van der Waals surface area (Å²) in [5.41, 5.74) is 6.21. The first-order valence-corrected chi connectivity index (χ1v) is 4.10. The summed E-state index contributed by atoms with van der Waals surface area (Å²) in [6.07, 6.45) is 1.62. The van der Waals surface area contributed by atoms with Crippen LogP contribution in [0.25, 0.3) is 0 Å². The summed E-state index contributed by atoms with van der Waals surface area (Å²) in [7, 11) is 1.54. The van der Waals surface area contributed by atoms with E-state index in [1.807, 2.05) is 6.07 Å². The number of aliphatic imine (C=N–C) groups is 2. The Morgan fingerprint density at radius 1 is 1.57 bits per heavy atom. The summed E-state index contributed by atoms with van der Waals surface area (Å²) in [6, 6.07) is 5.34. The number of nitrogens with zero attached hydrogens (tertiary/aromatic N) is 3. The Balaban J connectivity index is 2.90. The monoisotopic (exact) mass is 192 g/mol. The van der Waals surface area contributed by atoms with Crippen LogP contribution in [0.3, 0.4) is 0 Å². The van der Waals surface area contributed by atoms with Crippen LogP contribution >= 0.6 is 0 Å². The normalized spacial score (nSPS) is 13.0. The van der Waals surface area contributed by atoms with Gasteiger partial charge in [-0.25, -0.2) is 4.99 Å². The highest BCUT2D eigenvalue weighted by molar-refractivity contribution is 6.04. The first-order valence-electron chi connectivity index (χ1n) is 4.10. The van der Waals surface area contributed by atoms with Gasteiger partial charge in [0.1, 0.15) is 12.3 Å². The molecular formula is C9H12N4O. The maximum absolute atomic E-state index is 8.81. The van der Waals surface area contributed by atoms with Gasteiger partial charge in [-0.3, -0.25) is 9.98 Å². The van der Waals surface area contributed by atoms with Crippen molar-refractivity contribution in [3.63, 3.8) is 0 Å². The summed E-state index contributed by atoms with van der Waals surface area (Å²) in [6.45, 7) is -0.232. The predicted octanol–water partition coefficient (Wildman–Crippen LogP) is -0.193. The van der Waals surface area contributed by atoms with Gasteiger partial charge in [-0.2, -0.15) is 0 Å². The van der Waals surface area contributed by atoms with Crippen LogP contribution < -0.4 is 5.73 Å². The fourth-order valence-corrected chi connectivity index (χ4v) is 0.867. The van der Waals surface area contributed by atoms with Crippen molar-refractivity contribution in [2.45, 2.75) is 0 Å². The Hall–Kier alpha value is -1.75. The number of nitrogens with two attached hydrogens (primary N) is 1. The Morgan fingerprint density at radius 2 is 2.36 bits per heavy atom. The van der Waals surface area contributed by atoms with Crippen molar-refractivity contribution in [1.82, 2.24) is 4.98 Å². The zero-order valence-electron chi connectivity index (χ0n) is 7.88. The van der Waals surface area contributed by atoms with Crippen molar-refractivity contribution in [2.24, 2.45) is 15.7 Å². The van der Waals surface area contributed by atoms with Gasteiger partial charge in [0, 0.05) is 13.2 Å². The first kappa shape index (κ1) is 10.3. The molecule has 0 aliphatic rings. The molecule has 14 heavy (non-hydrogen) atoms. The third kappa shape index (κ3) is 2.63. The highest BCUT2D eigenvalue weighted by Gasteiger charge is 2.00. The molecule has 0 atom stereocenters. The number of aromatic nitrogens is 1. The second-order valence-corrected chi connectivity index (χ2v) is 2.51. The maximum Gasteiger partial charge on any atom is 0.151 e. The van der Waals surface area contributed by atoms with Crippen molar-refractivity contribution in [1.29, 1.82) is 0 Å². The van der Waals surface area contributed by atoms with Crippen LogP contribution in [0.2, 0.25) is 0 Å². The molecule has 0 aliphatic heterocycles. The van der Waals surface area contributed by atoms with Crippen LogP contribution in [0.15, 0.2) is 34.4 Å². The fourth-order valence-electron chi connectivity index (χ4n) is 0.867. The molecule has 1 rings (SSSR count). The van der Waals surface area contributed by atoms with E-state index in [0.29, 0.717) is 5.69 Å². The summed E-state index contributed by atoms with van der Waals surface area (Å²) in [4.78, 5) is 11.7. The molecule has 0 saturated heterocycles. The zero-order valence-corrected chi connectivity index (χ0v) is 7.88. The van der Waals surface area contributed by atoms with Gasteiger partial charge < -0.3 is 10.8 Å². The van der Waals surface area contributed by atoms with Gasteiger partial charge in [0.15, 0.2) is 11.7 Å². The second-order valence-electron chi connectivity index (χ2n) is 2.51. The Bertz CT molecular complexity index is 345. The Labute approximate surface area is 82.0 Å². The summed E-state index contributed by atoms with van der Waals surface area (Å²) in [5.74, 6) is 0.536. The lowest BCUT2D eigenvalue weighted by molar-refractivity contribution is 0.356. The molecule has 74 valence electrons. The summed E-state index contributed by atoms with van der Waals surface area (Å²) < 4.78 is 0. The molecule has 0 unspecified atom stereocenters. The topological polar surface area (TPSA) is 83.9 Å². The van der Waals surface area contributed by atoms with Crippen LogP contribution in [-0.2, 0) is 0 Å². The number of amidine groups is 2. The minimum atomic E-state index is -0.232. The standard InChI is InChI=1S/C9H12N4O/c1-11-8(6-14)13-9(10)7-4-2-3-5-12-7/h2-5,14H,6H2,1H3,(H2,10,11,13). The van der Waals surface area contributed by atoms with Crippen LogP contribution in [0.1, 0.15) is 5.69 Å². The molecule has 1 aromatic heterocycles. The number of aliphatic hydroxyl groups is 1. The highest BCUT2D eigenvalue weighted by Crippen LogP contribution is 1.93. The Morgan fingerprint density at radius 3 is 2.86 bits per heavy atom. The van der Waals surface area contributed by atoms with E-state index in [1.165, 1.54) is 0 Å². The molecule has 3 N–H and O–H groups in total. The third-order valence-corrected chi connectivity index (χ3v) is 1.58. The van der Waals surface area contributed by atoms with Gasteiger partial charge in [-0.15, -0.1) is 0 Å². The SMILES string of the molecule is CN=C(CO)N=C(N)c1ccccn1. The number of pyridine rings is 1. The van der Waals surface area contributed by atoms with Gasteiger partial charge >= 0.3 is 0 Å². The van der Waals surface area contributed by atoms with E-state index in [2.05, 4.69) is 15.0 Å². The van der Waals surface area contributed by atoms with Gasteiger partial charge in [0.05, 0.1) is 0 Å². The number of aliphatic hydroxyl groups excluding tert-OH is 1. The fraction of sp³-hybridized carbons (Fsp3) is 0.222. The molecule has 0 saturated carbocycles. The van der Waals surface area contributed by atoms with Crippen molar-refractivity contribution < 1.29 is 5.11 Å². The molecule has 1 heterocycles. The number of hydrogen-bond donors (Lipinski definition) is 2. The average molecular weight is 192 g/mol. The molecule has 0 radical (unpaired) electrons. The van der Waals surface area contributed by atoms with E-state index in [0.717, 1.165) is 0 Å². The molecule has 0 aliphatic carbocycles. The predicted molar refractivity (Wildman–Crippen MR) is 55.4 cm³/mol. The quantitative estimate of drug-likeness (QED) is 0.503. The van der Waals surface area contributed by atoms with Gasteiger partial charge in [-0.1, -0.05) is 6.07 Å². The second kappa shape index (κ2) is 5.08. The van der Waals surface area contributed by atoms with Gasteiger partial charge in [-0.05, 0) is 12.1 Å². The summed E-state index contributed by atoms with van der Waals surface area (Å²) >= 11 is 0. The molecule has 0 amide bonds. The molecule has 0 fully saturated rings. The molecule has 5 heteroatoms. The Kier molecular flexibility index (Phi) is 3.75. The average Bonchev–Trinajstić information content (AvgIpc) is 2.26. The molecule has 0 spiro atoms. The van der Waals surface area contributed by atoms with Crippen LogP contribution in [0.4, 0.5) is 0 Å². The van der Waals surface area contributed by atoms with Gasteiger partial charge in [0.2, 0.25) is 0 Å². The van der Waals surface area contributed by atoms with Crippen LogP contribution in [0, 0.1) is 0 Å². The lowest BCUT2D eigenvalue weighted by Gasteiger charge is -1.99. The van der Waals surface area contributed by atoms with E-state index in [1.54, 1.807) is 25.4 Å². The lowest BCUT2D eigenvalue weighted by atomic mass is 10.3. The minimum Gasteiger partial charge on any atom is -0.388 e. The highest BCUT2D eigenvalue weighted by atomic mass is 16.3. The lowest BCUT2D eigenvalue weighted by Crippen LogP contribution is -2.18. The van der Waals surface area contributed by atoms with Crippen molar-refractivity contribution in [3.8, 4) is 0 Å². The third-order valence-electron chi connectivity index (χ3n) is 1.58. The molecule has 1 aromatic rings. The van der Waals surface area contributed by atoms with E-state index >= 15 is 0 Å². The molecule has 5 nitrogen and oxygen atoms in total. The van der Waals surface area contributed by atoms with E-state index in [-0.39, 0.29) is 18.3 Å². The number of rotatable bonds is 2. The van der Waals surface area contributed by atoms with E-state index < -0.39 is 0 Å². The van der Waals surface area contributed by atoms with Crippen molar-refractivity contribution in [3.05, 3.63) is 30.1 Å². The van der Waals surface area contributed by atoms with Crippen LogP contribution in [-0.4, -0.2) is 35.4 Å². The van der Waals surface area contributed by atoms with Crippen molar-refractivity contribution >= 4 is 11.7 Å². The molecular weight excluding hydrogens is 180 g/mol.